The Morgan fingerprint density at radius 3 is 1.88 bits per heavy atom. The van der Waals surface area contributed by atoms with Crippen molar-refractivity contribution in [3.8, 4) is 11.5 Å². The van der Waals surface area contributed by atoms with Gasteiger partial charge in [0.15, 0.2) is 6.61 Å². The Hall–Kier alpha value is -2.68. The fourth-order valence-corrected chi connectivity index (χ4v) is 1.65. The van der Waals surface area contributed by atoms with Crippen LogP contribution in [0, 0.1) is 29.1 Å². The average Bonchev–Trinajstić information content (AvgIpc) is 2.60. The molecule has 2 aromatic rings. The van der Waals surface area contributed by atoms with Gasteiger partial charge in [-0.25, -0.2) is 18.0 Å². The van der Waals surface area contributed by atoms with E-state index in [2.05, 4.69) is 4.74 Å². The van der Waals surface area contributed by atoms with Crippen molar-refractivity contribution in [2.24, 2.45) is 0 Å². The first-order valence-electron chi connectivity index (χ1n) is 6.39. The second kappa shape index (κ2) is 7.26. The van der Waals surface area contributed by atoms with Gasteiger partial charge in [0, 0.05) is 0 Å². The van der Waals surface area contributed by atoms with Gasteiger partial charge in [-0.1, -0.05) is 12.1 Å². The molecule has 24 heavy (non-hydrogen) atoms. The highest BCUT2D eigenvalue weighted by atomic mass is 19.2. The van der Waals surface area contributed by atoms with Gasteiger partial charge >= 0.3 is 5.97 Å². The van der Waals surface area contributed by atoms with Crippen LogP contribution in [0.25, 0.3) is 0 Å². The highest BCUT2D eigenvalue weighted by Gasteiger charge is 2.28. The summed E-state index contributed by atoms with van der Waals surface area (Å²) in [4.78, 5) is 11.5. The summed E-state index contributed by atoms with van der Waals surface area (Å²) in [6.07, 6.45) is 0. The second-order valence-electron chi connectivity index (χ2n) is 4.46. The van der Waals surface area contributed by atoms with Crippen LogP contribution in [0.15, 0.2) is 24.3 Å². The SMILES string of the molecule is O=C(COc1ccc(CO)cc1)Oc1c(F)c(F)c(F)c(F)c1F. The first-order chi connectivity index (χ1) is 11.3. The number of aliphatic hydroxyl groups is 1. The molecular weight excluding hydrogens is 339 g/mol. The molecule has 0 saturated carbocycles. The zero-order valence-electron chi connectivity index (χ0n) is 11.8. The van der Waals surface area contributed by atoms with E-state index >= 15 is 0 Å². The van der Waals surface area contributed by atoms with Crippen LogP contribution in [0.2, 0.25) is 0 Å². The van der Waals surface area contributed by atoms with Gasteiger partial charge in [0.1, 0.15) is 5.75 Å². The van der Waals surface area contributed by atoms with Crippen LogP contribution >= 0.6 is 0 Å². The molecule has 0 bridgehead atoms. The molecule has 0 aromatic heterocycles. The van der Waals surface area contributed by atoms with Crippen molar-refractivity contribution >= 4 is 5.97 Å². The number of esters is 1. The normalized spacial score (nSPS) is 10.6. The minimum Gasteiger partial charge on any atom is -0.482 e. The Bertz CT molecular complexity index is 732. The van der Waals surface area contributed by atoms with E-state index in [-0.39, 0.29) is 12.4 Å². The maximum absolute atomic E-state index is 13.3. The minimum atomic E-state index is -2.36. The van der Waals surface area contributed by atoms with Crippen molar-refractivity contribution in [3.63, 3.8) is 0 Å². The largest absolute Gasteiger partial charge is 0.482 e. The molecule has 0 saturated heterocycles. The van der Waals surface area contributed by atoms with Crippen LogP contribution in [-0.2, 0) is 11.4 Å². The zero-order chi connectivity index (χ0) is 17.9. The fourth-order valence-electron chi connectivity index (χ4n) is 1.65. The standard InChI is InChI=1S/C15H9F5O4/c16-10-11(17)13(19)15(14(20)12(10)18)24-9(22)6-23-8-3-1-7(5-21)2-4-8/h1-4,21H,5-6H2. The van der Waals surface area contributed by atoms with Crippen molar-refractivity contribution in [1.82, 2.24) is 0 Å². The predicted molar refractivity (Wildman–Crippen MR) is 69.7 cm³/mol. The van der Waals surface area contributed by atoms with E-state index in [0.29, 0.717) is 5.56 Å². The molecule has 9 heteroatoms. The third-order valence-corrected chi connectivity index (χ3v) is 2.85. The van der Waals surface area contributed by atoms with Crippen molar-refractivity contribution in [1.29, 1.82) is 0 Å². The van der Waals surface area contributed by atoms with Crippen molar-refractivity contribution in [2.45, 2.75) is 6.61 Å². The van der Waals surface area contributed by atoms with Gasteiger partial charge < -0.3 is 14.6 Å². The Morgan fingerprint density at radius 2 is 1.38 bits per heavy atom. The van der Waals surface area contributed by atoms with Crippen molar-refractivity contribution in [2.75, 3.05) is 6.61 Å². The molecule has 0 aliphatic heterocycles. The van der Waals surface area contributed by atoms with E-state index in [1.165, 1.54) is 24.3 Å². The highest BCUT2D eigenvalue weighted by molar-refractivity contribution is 5.74. The summed E-state index contributed by atoms with van der Waals surface area (Å²) in [5, 5.41) is 8.85. The summed E-state index contributed by atoms with van der Waals surface area (Å²) in [6.45, 7) is -1.04. The molecule has 128 valence electrons. The minimum absolute atomic E-state index is 0.168. The highest BCUT2D eigenvalue weighted by Crippen LogP contribution is 2.29. The van der Waals surface area contributed by atoms with Crippen LogP contribution in [-0.4, -0.2) is 17.7 Å². The first-order valence-corrected chi connectivity index (χ1v) is 6.39. The Kier molecular flexibility index (Phi) is 5.35. The predicted octanol–water partition coefficient (Wildman–Crippen LogP) is 2.86. The summed E-state index contributed by atoms with van der Waals surface area (Å²) in [7, 11) is 0. The third kappa shape index (κ3) is 3.62. The number of benzene rings is 2. The number of hydrogen-bond donors (Lipinski definition) is 1. The molecule has 2 rings (SSSR count). The number of carbonyl (C=O) groups is 1. The molecular formula is C15H9F5O4. The van der Waals surface area contributed by atoms with E-state index in [4.69, 9.17) is 9.84 Å². The summed E-state index contributed by atoms with van der Waals surface area (Å²) < 4.78 is 74.6. The van der Waals surface area contributed by atoms with Crippen LogP contribution in [0.5, 0.6) is 11.5 Å². The number of hydrogen-bond acceptors (Lipinski definition) is 4. The maximum atomic E-state index is 13.3. The zero-order valence-corrected chi connectivity index (χ0v) is 11.8. The first kappa shape index (κ1) is 17.7. The summed E-state index contributed by atoms with van der Waals surface area (Å²) in [5.41, 5.74) is 0.575. The van der Waals surface area contributed by atoms with Crippen LogP contribution in [0.4, 0.5) is 22.0 Å². The molecule has 0 atom stereocenters. The summed E-state index contributed by atoms with van der Waals surface area (Å²) in [5.74, 6) is -14.2. The molecule has 2 aromatic carbocycles. The molecule has 0 aliphatic rings. The summed E-state index contributed by atoms with van der Waals surface area (Å²) in [6, 6.07) is 5.78. The number of aliphatic hydroxyl groups excluding tert-OH is 1. The Balaban J connectivity index is 2.07. The smallest absolute Gasteiger partial charge is 0.349 e. The van der Waals surface area contributed by atoms with Crippen LogP contribution in [0.1, 0.15) is 5.56 Å². The van der Waals surface area contributed by atoms with E-state index in [0.717, 1.165) is 0 Å². The van der Waals surface area contributed by atoms with Gasteiger partial charge in [0.25, 0.3) is 0 Å². The van der Waals surface area contributed by atoms with Gasteiger partial charge in [0.05, 0.1) is 6.61 Å². The maximum Gasteiger partial charge on any atom is 0.349 e. The topological polar surface area (TPSA) is 55.8 Å². The molecule has 0 heterocycles. The lowest BCUT2D eigenvalue weighted by Gasteiger charge is -2.10. The summed E-state index contributed by atoms with van der Waals surface area (Å²) >= 11 is 0. The Labute approximate surface area is 132 Å². The second-order valence-corrected chi connectivity index (χ2v) is 4.46. The molecule has 1 N–H and O–H groups in total. The quantitative estimate of drug-likeness (QED) is 0.297. The number of carbonyl (C=O) groups excluding carboxylic acids is 1. The number of halogens is 5. The van der Waals surface area contributed by atoms with Gasteiger partial charge in [0.2, 0.25) is 34.8 Å². The lowest BCUT2D eigenvalue weighted by atomic mass is 10.2. The van der Waals surface area contributed by atoms with Gasteiger partial charge in [-0.2, -0.15) is 8.78 Å². The van der Waals surface area contributed by atoms with E-state index in [9.17, 15) is 26.7 Å². The molecule has 0 radical (unpaired) electrons. The third-order valence-electron chi connectivity index (χ3n) is 2.85. The van der Waals surface area contributed by atoms with Crippen LogP contribution in [0.3, 0.4) is 0 Å². The van der Waals surface area contributed by atoms with Gasteiger partial charge in [-0.15, -0.1) is 0 Å². The van der Waals surface area contributed by atoms with Crippen LogP contribution < -0.4 is 9.47 Å². The monoisotopic (exact) mass is 348 g/mol. The molecule has 0 fully saturated rings. The molecule has 4 nitrogen and oxygen atoms in total. The molecule has 0 amide bonds. The fraction of sp³-hybridized carbons (Fsp3) is 0.133. The van der Waals surface area contributed by atoms with E-state index in [1.807, 2.05) is 0 Å². The van der Waals surface area contributed by atoms with E-state index < -0.39 is 47.4 Å². The van der Waals surface area contributed by atoms with Crippen molar-refractivity contribution < 1.29 is 41.3 Å². The average molecular weight is 348 g/mol. The lowest BCUT2D eigenvalue weighted by Crippen LogP contribution is -2.20. The molecule has 0 aliphatic carbocycles. The lowest BCUT2D eigenvalue weighted by molar-refractivity contribution is -0.137. The van der Waals surface area contributed by atoms with E-state index in [1.54, 1.807) is 0 Å². The molecule has 0 unspecified atom stereocenters. The Morgan fingerprint density at radius 1 is 0.875 bits per heavy atom. The number of rotatable bonds is 5. The van der Waals surface area contributed by atoms with Crippen molar-refractivity contribution in [3.05, 3.63) is 58.9 Å². The molecule has 0 spiro atoms. The van der Waals surface area contributed by atoms with Gasteiger partial charge in [-0.05, 0) is 17.7 Å². The number of ether oxygens (including phenoxy) is 2. The van der Waals surface area contributed by atoms with Gasteiger partial charge in [-0.3, -0.25) is 0 Å².